The first-order chi connectivity index (χ1) is 11.5. The molecule has 0 spiro atoms. The fourth-order valence-electron chi connectivity index (χ4n) is 7.22. The van der Waals surface area contributed by atoms with E-state index < -0.39 is 5.60 Å². The third kappa shape index (κ3) is 2.97. The van der Waals surface area contributed by atoms with Crippen LogP contribution < -0.4 is 0 Å². The van der Waals surface area contributed by atoms with Gasteiger partial charge in [0.05, 0.1) is 5.60 Å². The summed E-state index contributed by atoms with van der Waals surface area (Å²) < 4.78 is 5.85. The van der Waals surface area contributed by atoms with Crippen molar-refractivity contribution in [2.45, 2.75) is 91.3 Å². The molecule has 0 radical (unpaired) electrons. The molecular formula is C22H36O3. The molecule has 1 N–H and O–H groups in total. The van der Waals surface area contributed by atoms with Crippen molar-refractivity contribution in [3.8, 4) is 0 Å². The van der Waals surface area contributed by atoms with E-state index in [0.29, 0.717) is 12.3 Å². The van der Waals surface area contributed by atoms with E-state index in [1.54, 1.807) is 0 Å². The molecule has 3 rings (SSSR count). The first kappa shape index (κ1) is 18.9. The molecule has 0 bridgehead atoms. The maximum Gasteiger partial charge on any atom is 0.302 e. The molecule has 3 aliphatic rings. The Hall–Kier alpha value is -0.830. The lowest BCUT2D eigenvalue weighted by molar-refractivity contribution is -0.245. The van der Waals surface area contributed by atoms with Crippen LogP contribution >= 0.6 is 0 Å². The first-order valence-electron chi connectivity index (χ1n) is 9.99. The van der Waals surface area contributed by atoms with Gasteiger partial charge in [-0.3, -0.25) is 4.79 Å². The standard InChI is InChI=1S/C22H36O3/c1-7-20(5)12-9-17-21(6)11-8-10-19(3,4)18(21)16(25-15(2)23)13-22(17,24)14-20/h7,16-18,24H,1,8-14H2,2-6H3. The second-order valence-corrected chi connectivity index (χ2v) is 10.4. The zero-order valence-electron chi connectivity index (χ0n) is 16.7. The number of carbonyl (C=O) groups excluding carboxylic acids is 1. The molecule has 6 atom stereocenters. The van der Waals surface area contributed by atoms with E-state index in [1.807, 2.05) is 6.08 Å². The van der Waals surface area contributed by atoms with Gasteiger partial charge in [0, 0.05) is 19.3 Å². The molecule has 0 aliphatic heterocycles. The Balaban J connectivity index is 2.05. The number of esters is 1. The van der Waals surface area contributed by atoms with E-state index >= 15 is 0 Å². The summed E-state index contributed by atoms with van der Waals surface area (Å²) in [5, 5.41) is 11.8. The zero-order chi connectivity index (χ0) is 18.7. The van der Waals surface area contributed by atoms with Gasteiger partial charge in [-0.2, -0.15) is 0 Å². The summed E-state index contributed by atoms with van der Waals surface area (Å²) in [6.07, 6.45) is 8.74. The van der Waals surface area contributed by atoms with Gasteiger partial charge in [-0.15, -0.1) is 6.58 Å². The summed E-state index contributed by atoms with van der Waals surface area (Å²) in [5.74, 6) is 0.374. The van der Waals surface area contributed by atoms with Gasteiger partial charge in [0.1, 0.15) is 6.10 Å². The molecule has 142 valence electrons. The lowest BCUT2D eigenvalue weighted by Gasteiger charge is -2.66. The van der Waals surface area contributed by atoms with Crippen molar-refractivity contribution in [1.82, 2.24) is 0 Å². The van der Waals surface area contributed by atoms with Gasteiger partial charge in [0.2, 0.25) is 0 Å². The van der Waals surface area contributed by atoms with E-state index in [1.165, 1.54) is 19.8 Å². The summed E-state index contributed by atoms with van der Waals surface area (Å²) in [6, 6.07) is 0. The third-order valence-corrected chi connectivity index (χ3v) is 7.98. The van der Waals surface area contributed by atoms with Crippen molar-refractivity contribution < 1.29 is 14.6 Å². The van der Waals surface area contributed by atoms with Gasteiger partial charge in [-0.25, -0.2) is 0 Å². The molecule has 6 unspecified atom stereocenters. The van der Waals surface area contributed by atoms with E-state index in [0.717, 1.165) is 25.7 Å². The number of allylic oxidation sites excluding steroid dienone is 1. The van der Waals surface area contributed by atoms with Crippen molar-refractivity contribution >= 4 is 5.97 Å². The Labute approximate surface area is 153 Å². The van der Waals surface area contributed by atoms with Crippen LogP contribution in [0.5, 0.6) is 0 Å². The SMILES string of the molecule is C=CC1(C)CCC2C(O)(CC(OC(C)=O)C3C(C)(C)CCCC32C)C1. The van der Waals surface area contributed by atoms with E-state index in [9.17, 15) is 9.90 Å². The Morgan fingerprint density at radius 3 is 2.48 bits per heavy atom. The van der Waals surface area contributed by atoms with Crippen LogP contribution in [0.3, 0.4) is 0 Å². The average molecular weight is 349 g/mol. The summed E-state index contributed by atoms with van der Waals surface area (Å²) in [4.78, 5) is 11.8. The lowest BCUT2D eigenvalue weighted by atomic mass is 9.41. The molecule has 3 saturated carbocycles. The van der Waals surface area contributed by atoms with Crippen LogP contribution in [0, 0.1) is 28.1 Å². The maximum absolute atomic E-state index is 11.8. The van der Waals surface area contributed by atoms with Crippen LogP contribution in [0.1, 0.15) is 79.6 Å². The minimum Gasteiger partial charge on any atom is -0.462 e. The van der Waals surface area contributed by atoms with Gasteiger partial charge in [0.15, 0.2) is 0 Å². The summed E-state index contributed by atoms with van der Waals surface area (Å²) in [5.41, 5.74) is -0.635. The number of hydrogen-bond donors (Lipinski definition) is 1. The molecule has 0 heterocycles. The van der Waals surface area contributed by atoms with Crippen LogP contribution in [0.2, 0.25) is 0 Å². The molecule has 3 nitrogen and oxygen atoms in total. The number of hydrogen-bond acceptors (Lipinski definition) is 3. The molecule has 0 aromatic heterocycles. The molecule has 3 fully saturated rings. The van der Waals surface area contributed by atoms with E-state index in [-0.39, 0.29) is 34.2 Å². The van der Waals surface area contributed by atoms with Crippen molar-refractivity contribution in [2.75, 3.05) is 0 Å². The predicted molar refractivity (Wildman–Crippen MR) is 100.0 cm³/mol. The number of rotatable bonds is 2. The maximum atomic E-state index is 11.8. The topological polar surface area (TPSA) is 46.5 Å². The largest absolute Gasteiger partial charge is 0.462 e. The van der Waals surface area contributed by atoms with Crippen LogP contribution in [-0.2, 0) is 9.53 Å². The molecule has 0 amide bonds. The molecule has 25 heavy (non-hydrogen) atoms. The molecule has 0 saturated heterocycles. The van der Waals surface area contributed by atoms with Gasteiger partial charge in [-0.05, 0) is 54.3 Å². The quantitative estimate of drug-likeness (QED) is 0.571. The monoisotopic (exact) mass is 348 g/mol. The Morgan fingerprint density at radius 1 is 1.20 bits per heavy atom. The number of fused-ring (bicyclic) bond motifs is 3. The second-order valence-electron chi connectivity index (χ2n) is 10.4. The molecular weight excluding hydrogens is 312 g/mol. The van der Waals surface area contributed by atoms with Crippen molar-refractivity contribution in [1.29, 1.82) is 0 Å². The minimum absolute atomic E-state index is 0.0252. The second kappa shape index (κ2) is 5.84. The summed E-state index contributed by atoms with van der Waals surface area (Å²) in [7, 11) is 0. The minimum atomic E-state index is -0.764. The lowest BCUT2D eigenvalue weighted by Crippen LogP contribution is -2.66. The average Bonchev–Trinajstić information content (AvgIpc) is 2.43. The van der Waals surface area contributed by atoms with Crippen molar-refractivity contribution in [3.05, 3.63) is 12.7 Å². The van der Waals surface area contributed by atoms with Gasteiger partial charge >= 0.3 is 5.97 Å². The molecule has 3 heteroatoms. The van der Waals surface area contributed by atoms with E-state index in [4.69, 9.17) is 4.74 Å². The number of ether oxygens (including phenoxy) is 1. The number of aliphatic hydroxyl groups is 1. The number of carbonyl (C=O) groups is 1. The van der Waals surface area contributed by atoms with Crippen molar-refractivity contribution in [3.63, 3.8) is 0 Å². The van der Waals surface area contributed by atoms with Crippen LogP contribution in [0.4, 0.5) is 0 Å². The highest BCUT2D eigenvalue weighted by atomic mass is 16.5. The molecule has 3 aliphatic carbocycles. The highest BCUT2D eigenvalue weighted by Crippen LogP contribution is 2.66. The Morgan fingerprint density at radius 2 is 1.88 bits per heavy atom. The van der Waals surface area contributed by atoms with Gasteiger partial charge in [0.25, 0.3) is 0 Å². The predicted octanol–water partition coefficient (Wildman–Crippen LogP) is 4.88. The van der Waals surface area contributed by atoms with Gasteiger partial charge < -0.3 is 9.84 Å². The van der Waals surface area contributed by atoms with E-state index in [2.05, 4.69) is 34.3 Å². The van der Waals surface area contributed by atoms with Crippen molar-refractivity contribution in [2.24, 2.45) is 28.1 Å². The normalized spacial score (nSPS) is 48.8. The fourth-order valence-corrected chi connectivity index (χ4v) is 7.22. The Kier molecular flexibility index (Phi) is 4.42. The summed E-state index contributed by atoms with van der Waals surface area (Å²) in [6.45, 7) is 14.7. The Bertz CT molecular complexity index is 568. The van der Waals surface area contributed by atoms with Crippen LogP contribution in [0.25, 0.3) is 0 Å². The van der Waals surface area contributed by atoms with Gasteiger partial charge in [-0.1, -0.05) is 40.2 Å². The molecule has 0 aromatic rings. The molecule has 0 aromatic carbocycles. The highest BCUT2D eigenvalue weighted by molar-refractivity contribution is 5.66. The zero-order valence-corrected chi connectivity index (χ0v) is 16.7. The van der Waals surface area contributed by atoms with Crippen LogP contribution in [0.15, 0.2) is 12.7 Å². The fraction of sp³-hybridized carbons (Fsp3) is 0.864. The first-order valence-corrected chi connectivity index (χ1v) is 9.99. The smallest absolute Gasteiger partial charge is 0.302 e. The third-order valence-electron chi connectivity index (χ3n) is 7.98. The van der Waals surface area contributed by atoms with Crippen LogP contribution in [-0.4, -0.2) is 22.8 Å². The highest BCUT2D eigenvalue weighted by Gasteiger charge is 2.65. The summed E-state index contributed by atoms with van der Waals surface area (Å²) >= 11 is 0.